The Morgan fingerprint density at radius 2 is 1.24 bits per heavy atom. The number of aliphatic carboxylic acids is 1. The van der Waals surface area contributed by atoms with Crippen LogP contribution in [0.5, 0.6) is 0 Å². The summed E-state index contributed by atoms with van der Waals surface area (Å²) in [6.45, 7) is 0.212. The number of carboxylic acids is 1. The molecule has 0 aromatic heterocycles. The minimum Gasteiger partial charge on any atom is -0.480 e. The highest BCUT2D eigenvalue weighted by atomic mass is 32.1. The van der Waals surface area contributed by atoms with E-state index in [9.17, 15) is 28.8 Å². The van der Waals surface area contributed by atoms with Gasteiger partial charge in [-0.05, 0) is 67.0 Å². The van der Waals surface area contributed by atoms with E-state index in [2.05, 4.69) is 46.5 Å². The smallest absolute Gasteiger partial charge is 0.326 e. The van der Waals surface area contributed by atoms with Gasteiger partial charge in [-0.1, -0.05) is 92.4 Å². The number of carboxylic acid groups (broad SMARTS) is 1. The van der Waals surface area contributed by atoms with Crippen LogP contribution in [0.3, 0.4) is 0 Å². The number of carbonyl (C=O) groups is 6. The molecule has 55 heavy (non-hydrogen) atoms. The van der Waals surface area contributed by atoms with Crippen LogP contribution in [0, 0.1) is 5.92 Å². The number of rotatable bonds is 19. The SMILES string of the molecule is O=C(N[C@@H](CCCCCS)C(=O)Nc1ccccc1)[C@H]1C(=O)N([C@@H](CCCCCS)C(=O)Nc2ccccc2)C[C@@H]1c1ccccc1.O=C1C[C@@H](C(=O)O)N1. The third kappa shape index (κ3) is 13.2. The number of anilines is 2. The molecular formula is C41H51N5O7S2. The molecule has 3 aromatic carbocycles. The van der Waals surface area contributed by atoms with Crippen LogP contribution in [0.2, 0.25) is 0 Å². The first kappa shape index (κ1) is 42.9. The fourth-order valence-corrected chi connectivity index (χ4v) is 7.01. The van der Waals surface area contributed by atoms with E-state index in [0.29, 0.717) is 30.6 Å². The van der Waals surface area contributed by atoms with E-state index >= 15 is 0 Å². The summed E-state index contributed by atoms with van der Waals surface area (Å²) >= 11 is 8.62. The molecule has 0 bridgehead atoms. The Morgan fingerprint density at radius 3 is 1.73 bits per heavy atom. The molecule has 0 saturated carbocycles. The molecule has 2 fully saturated rings. The first-order chi connectivity index (χ1) is 26.6. The minimum atomic E-state index is -1.09. The Labute approximate surface area is 333 Å². The molecular weight excluding hydrogens is 739 g/mol. The summed E-state index contributed by atoms with van der Waals surface area (Å²) in [7, 11) is 0. The number of hydrogen-bond acceptors (Lipinski definition) is 8. The number of unbranched alkanes of at least 4 members (excludes halogenated alkanes) is 4. The van der Waals surface area contributed by atoms with Gasteiger partial charge in [0.15, 0.2) is 0 Å². The lowest BCUT2D eigenvalue weighted by Crippen LogP contribution is -2.53. The molecule has 0 spiro atoms. The standard InChI is InChI=1S/C37H46N4O4S2.C4H5NO3/c42-34(38-28-18-8-2-9-19-28)31(22-12-4-14-24-46)40-36(44)33-30(27-16-6-1-7-17-27)26-41(37(33)45)32(23-13-5-15-25-47)35(43)39-29-20-10-3-11-21-29;6-3-1-2(5-3)4(7)8/h1-3,6-11,16-21,30-33,46-47H,4-5,12-15,22-26H2,(H,38,42)(H,39,43)(H,40,44);2H,1H2,(H,5,6)(H,7,8)/t30-,31+,32+,33+;2-/m10/s1. The Kier molecular flexibility index (Phi) is 17.6. The maximum atomic E-state index is 14.3. The molecule has 12 nitrogen and oxygen atoms in total. The van der Waals surface area contributed by atoms with Crippen molar-refractivity contribution in [1.29, 1.82) is 0 Å². The lowest BCUT2D eigenvalue weighted by Gasteiger charge is -2.28. The number of β-lactam (4-membered cyclic amide) rings is 1. The number of para-hydroxylation sites is 2. The van der Waals surface area contributed by atoms with Crippen LogP contribution >= 0.6 is 25.3 Å². The second kappa shape index (κ2) is 22.5. The molecule has 2 saturated heterocycles. The van der Waals surface area contributed by atoms with E-state index in [0.717, 1.165) is 49.2 Å². The van der Waals surface area contributed by atoms with Crippen molar-refractivity contribution in [3.05, 3.63) is 96.6 Å². The third-order valence-electron chi connectivity index (χ3n) is 9.56. The Morgan fingerprint density at radius 1 is 0.727 bits per heavy atom. The molecule has 294 valence electrons. The van der Waals surface area contributed by atoms with E-state index in [4.69, 9.17) is 5.11 Å². The van der Waals surface area contributed by atoms with Crippen LogP contribution in [-0.2, 0) is 28.8 Å². The van der Waals surface area contributed by atoms with E-state index in [1.54, 1.807) is 17.0 Å². The summed E-state index contributed by atoms with van der Waals surface area (Å²) < 4.78 is 0. The second-order valence-electron chi connectivity index (χ2n) is 13.6. The van der Waals surface area contributed by atoms with Gasteiger partial charge in [0.2, 0.25) is 29.5 Å². The van der Waals surface area contributed by atoms with Crippen molar-refractivity contribution in [2.75, 3.05) is 28.7 Å². The highest BCUT2D eigenvalue weighted by Gasteiger charge is 2.49. The van der Waals surface area contributed by atoms with Crippen molar-refractivity contribution in [1.82, 2.24) is 15.5 Å². The highest BCUT2D eigenvalue weighted by molar-refractivity contribution is 7.80. The first-order valence-corrected chi connectivity index (χ1v) is 20.0. The number of carbonyl (C=O) groups excluding carboxylic acids is 5. The lowest BCUT2D eigenvalue weighted by atomic mass is 9.87. The largest absolute Gasteiger partial charge is 0.480 e. The van der Waals surface area contributed by atoms with Gasteiger partial charge in [-0.2, -0.15) is 25.3 Å². The Balaban J connectivity index is 0.000000745. The van der Waals surface area contributed by atoms with Crippen molar-refractivity contribution >= 4 is 72.1 Å². The highest BCUT2D eigenvalue weighted by Crippen LogP contribution is 2.36. The monoisotopic (exact) mass is 789 g/mol. The number of likely N-dealkylation sites (tertiary alicyclic amines) is 1. The van der Waals surface area contributed by atoms with Gasteiger partial charge >= 0.3 is 5.97 Å². The van der Waals surface area contributed by atoms with Crippen molar-refractivity contribution in [3.63, 3.8) is 0 Å². The molecule has 0 unspecified atom stereocenters. The van der Waals surface area contributed by atoms with Crippen molar-refractivity contribution in [2.45, 2.75) is 81.8 Å². The number of nitrogens with one attached hydrogen (secondary N) is 4. The normalized spacial score (nSPS) is 18.4. The van der Waals surface area contributed by atoms with Gasteiger partial charge in [0.25, 0.3) is 0 Å². The van der Waals surface area contributed by atoms with Gasteiger partial charge in [0.1, 0.15) is 24.0 Å². The molecule has 5 rings (SSSR count). The van der Waals surface area contributed by atoms with Crippen LogP contribution in [0.1, 0.15) is 69.3 Å². The van der Waals surface area contributed by atoms with Crippen LogP contribution in [0.15, 0.2) is 91.0 Å². The maximum absolute atomic E-state index is 14.3. The Hall–Kier alpha value is -4.82. The molecule has 5 atom stereocenters. The molecule has 0 aliphatic carbocycles. The molecule has 5 N–H and O–H groups in total. The van der Waals surface area contributed by atoms with Gasteiger partial charge < -0.3 is 31.3 Å². The zero-order chi connectivity index (χ0) is 39.6. The third-order valence-corrected chi connectivity index (χ3v) is 10.2. The quantitative estimate of drug-likeness (QED) is 0.0374. The summed E-state index contributed by atoms with van der Waals surface area (Å²) in [5.41, 5.74) is 2.10. The molecule has 14 heteroatoms. The minimum absolute atomic E-state index is 0.134. The summed E-state index contributed by atoms with van der Waals surface area (Å²) in [5, 5.41) is 19.2. The number of nitrogens with zero attached hydrogens (tertiary/aromatic N) is 1. The van der Waals surface area contributed by atoms with Gasteiger partial charge in [0.05, 0.1) is 6.42 Å². The zero-order valence-electron chi connectivity index (χ0n) is 30.8. The van der Waals surface area contributed by atoms with Crippen LogP contribution in [-0.4, -0.2) is 81.7 Å². The summed E-state index contributed by atoms with van der Waals surface area (Å²) in [5.74, 6) is -2.77. The molecule has 0 radical (unpaired) electrons. The fourth-order valence-electron chi connectivity index (χ4n) is 6.56. The summed E-state index contributed by atoms with van der Waals surface area (Å²) in [6.07, 6.45) is 6.01. The van der Waals surface area contributed by atoms with Crippen molar-refractivity contribution in [3.8, 4) is 0 Å². The average Bonchev–Trinajstić information content (AvgIpc) is 3.52. The van der Waals surface area contributed by atoms with Crippen molar-refractivity contribution in [2.24, 2.45) is 5.92 Å². The van der Waals surface area contributed by atoms with Crippen LogP contribution in [0.25, 0.3) is 0 Å². The van der Waals surface area contributed by atoms with Gasteiger partial charge in [-0.3, -0.25) is 24.0 Å². The predicted octanol–water partition coefficient (Wildman–Crippen LogP) is 5.30. The molecule has 5 amide bonds. The lowest BCUT2D eigenvalue weighted by molar-refractivity contribution is -0.147. The van der Waals surface area contributed by atoms with E-state index in [1.165, 1.54) is 0 Å². The average molecular weight is 790 g/mol. The van der Waals surface area contributed by atoms with E-state index < -0.39 is 47.7 Å². The fraction of sp³-hybridized carbons (Fsp3) is 0.415. The number of hydrogen-bond donors (Lipinski definition) is 7. The molecule has 2 heterocycles. The van der Waals surface area contributed by atoms with Crippen molar-refractivity contribution < 1.29 is 33.9 Å². The first-order valence-electron chi connectivity index (χ1n) is 18.7. The van der Waals surface area contributed by atoms with Gasteiger partial charge in [-0.15, -0.1) is 0 Å². The maximum Gasteiger partial charge on any atom is 0.326 e. The predicted molar refractivity (Wildman–Crippen MR) is 219 cm³/mol. The molecule has 2 aliphatic rings. The number of benzene rings is 3. The number of thiol groups is 2. The second-order valence-corrected chi connectivity index (χ2v) is 14.5. The van der Waals surface area contributed by atoms with E-state index in [-0.39, 0.29) is 30.7 Å². The zero-order valence-corrected chi connectivity index (χ0v) is 32.6. The molecule has 3 aromatic rings. The topological polar surface area (TPSA) is 174 Å². The molecule has 2 aliphatic heterocycles. The number of amides is 5. The van der Waals surface area contributed by atoms with Gasteiger partial charge in [0, 0.05) is 23.8 Å². The Bertz CT molecular complexity index is 1710. The van der Waals surface area contributed by atoms with E-state index in [1.807, 2.05) is 78.9 Å². The van der Waals surface area contributed by atoms with Crippen LogP contribution < -0.4 is 21.3 Å². The van der Waals surface area contributed by atoms with Gasteiger partial charge in [-0.25, -0.2) is 4.79 Å². The van der Waals surface area contributed by atoms with Crippen LogP contribution in [0.4, 0.5) is 11.4 Å². The summed E-state index contributed by atoms with van der Waals surface area (Å²) in [4.78, 5) is 77.2. The summed E-state index contributed by atoms with van der Waals surface area (Å²) in [6, 6.07) is 25.5.